The van der Waals surface area contributed by atoms with Crippen LogP contribution >= 0.6 is 0 Å². The zero-order chi connectivity index (χ0) is 10.1. The Bertz CT molecular complexity index is 135. The highest BCUT2D eigenvalue weighted by atomic mass is 16.1. The van der Waals surface area contributed by atoms with E-state index in [0.717, 1.165) is 13.1 Å². The highest BCUT2D eigenvalue weighted by Gasteiger charge is 2.06. The van der Waals surface area contributed by atoms with Crippen LogP contribution in [0.15, 0.2) is 0 Å². The first-order valence-electron chi connectivity index (χ1n) is 5.10. The molecule has 0 aliphatic carbocycles. The van der Waals surface area contributed by atoms with Crippen LogP contribution in [-0.4, -0.2) is 25.5 Å². The van der Waals surface area contributed by atoms with Gasteiger partial charge < -0.3 is 5.32 Å². The molecule has 0 aliphatic heterocycles. The molecule has 13 heavy (non-hydrogen) atoms. The lowest BCUT2D eigenvalue weighted by Gasteiger charge is -2.05. The molecule has 0 aromatic carbocycles. The molecular weight excluding hydrogens is 164 g/mol. The largest absolute Gasteiger partial charge is 0.315 e. The van der Waals surface area contributed by atoms with E-state index in [2.05, 4.69) is 17.6 Å². The molecule has 0 atom stereocenters. The zero-order valence-electron chi connectivity index (χ0n) is 8.97. The summed E-state index contributed by atoms with van der Waals surface area (Å²) in [5, 5.41) is 7.15. The number of carbonyl (C=O) groups is 1. The summed E-state index contributed by atoms with van der Waals surface area (Å²) in [7, 11) is 0. The summed E-state index contributed by atoms with van der Waals surface area (Å²) in [6, 6.07) is 0. The van der Waals surface area contributed by atoms with Crippen molar-refractivity contribution >= 4 is 5.91 Å². The van der Waals surface area contributed by atoms with Crippen molar-refractivity contribution in [3.05, 3.63) is 0 Å². The standard InChI is InChI=1S/C10H21N2O/c1-4-5-6-11-7-8-12-10(13)9(2)3/h9,11H,4-8H2,1-3H3. The molecule has 77 valence electrons. The van der Waals surface area contributed by atoms with Crippen LogP contribution in [0.3, 0.4) is 0 Å². The smallest absolute Gasteiger partial charge is 0.243 e. The molecule has 1 radical (unpaired) electrons. The first-order chi connectivity index (χ1) is 6.18. The summed E-state index contributed by atoms with van der Waals surface area (Å²) >= 11 is 0. The first-order valence-corrected chi connectivity index (χ1v) is 5.10. The summed E-state index contributed by atoms with van der Waals surface area (Å²) < 4.78 is 0. The van der Waals surface area contributed by atoms with Crippen LogP contribution in [0, 0.1) is 5.92 Å². The fourth-order valence-electron chi connectivity index (χ4n) is 0.855. The highest BCUT2D eigenvalue weighted by molar-refractivity contribution is 5.77. The Labute approximate surface area is 81.3 Å². The maximum absolute atomic E-state index is 11.0. The van der Waals surface area contributed by atoms with Crippen LogP contribution < -0.4 is 10.6 Å². The van der Waals surface area contributed by atoms with Gasteiger partial charge in [-0.1, -0.05) is 27.2 Å². The van der Waals surface area contributed by atoms with Gasteiger partial charge in [-0.2, -0.15) is 0 Å². The fraction of sp³-hybridized carbons (Fsp3) is 0.900. The van der Waals surface area contributed by atoms with Crippen LogP contribution in [0.5, 0.6) is 0 Å². The molecular formula is C10H21N2O. The predicted molar refractivity (Wildman–Crippen MR) is 54.6 cm³/mol. The molecule has 0 aromatic heterocycles. The molecule has 0 spiro atoms. The number of amides is 1. The molecule has 0 bridgehead atoms. The van der Waals surface area contributed by atoms with Crippen molar-refractivity contribution in [2.45, 2.75) is 33.6 Å². The summed E-state index contributed by atoms with van der Waals surface area (Å²) in [5.74, 6) is 0.0490. The van der Waals surface area contributed by atoms with Crippen molar-refractivity contribution in [1.29, 1.82) is 0 Å². The summed E-state index contributed by atoms with van der Waals surface area (Å²) in [5.41, 5.74) is 0. The summed E-state index contributed by atoms with van der Waals surface area (Å²) in [6.07, 6.45) is 2.40. The van der Waals surface area contributed by atoms with Gasteiger partial charge in [0.05, 0.1) is 6.54 Å². The van der Waals surface area contributed by atoms with Crippen molar-refractivity contribution in [2.24, 2.45) is 5.92 Å². The van der Waals surface area contributed by atoms with Crippen LogP contribution in [0.4, 0.5) is 0 Å². The quantitative estimate of drug-likeness (QED) is 0.605. The lowest BCUT2D eigenvalue weighted by molar-refractivity contribution is -0.124. The second-order valence-electron chi connectivity index (χ2n) is 3.48. The molecule has 0 aromatic rings. The van der Waals surface area contributed by atoms with E-state index in [1.807, 2.05) is 13.8 Å². The molecule has 0 aliphatic rings. The predicted octanol–water partition coefficient (Wildman–Crippen LogP) is 1.16. The first kappa shape index (κ1) is 12.4. The Balaban J connectivity index is 3.12. The van der Waals surface area contributed by atoms with Gasteiger partial charge in [0, 0.05) is 12.5 Å². The molecule has 0 rings (SSSR count). The van der Waals surface area contributed by atoms with Gasteiger partial charge in [-0.25, -0.2) is 5.32 Å². The van der Waals surface area contributed by atoms with Gasteiger partial charge in [-0.3, -0.25) is 4.79 Å². The Kier molecular flexibility index (Phi) is 7.69. The molecule has 0 saturated carbocycles. The van der Waals surface area contributed by atoms with Crippen LogP contribution in [0.25, 0.3) is 0 Å². The lowest BCUT2D eigenvalue weighted by Crippen LogP contribution is -2.29. The lowest BCUT2D eigenvalue weighted by atomic mass is 10.2. The van der Waals surface area contributed by atoms with Gasteiger partial charge in [0.25, 0.3) is 0 Å². The average molecular weight is 185 g/mol. The van der Waals surface area contributed by atoms with E-state index in [1.54, 1.807) is 0 Å². The maximum Gasteiger partial charge on any atom is 0.243 e. The number of hydrogen-bond acceptors (Lipinski definition) is 2. The maximum atomic E-state index is 11.0. The van der Waals surface area contributed by atoms with Crippen molar-refractivity contribution in [1.82, 2.24) is 10.6 Å². The van der Waals surface area contributed by atoms with Gasteiger partial charge in [0.15, 0.2) is 0 Å². The van der Waals surface area contributed by atoms with Crippen molar-refractivity contribution in [3.63, 3.8) is 0 Å². The minimum atomic E-state index is 0.0114. The molecule has 1 N–H and O–H groups in total. The van der Waals surface area contributed by atoms with Gasteiger partial charge in [0.1, 0.15) is 0 Å². The SMILES string of the molecule is CCCCNCC[N]C(=O)C(C)C. The topological polar surface area (TPSA) is 43.2 Å². The molecule has 3 nitrogen and oxygen atoms in total. The van der Waals surface area contributed by atoms with E-state index in [9.17, 15) is 4.79 Å². The Morgan fingerprint density at radius 1 is 1.38 bits per heavy atom. The second-order valence-corrected chi connectivity index (χ2v) is 3.48. The number of carbonyl (C=O) groups excluding carboxylic acids is 1. The number of hydrogen-bond donors (Lipinski definition) is 1. The van der Waals surface area contributed by atoms with Gasteiger partial charge in [-0.05, 0) is 13.0 Å². The monoisotopic (exact) mass is 185 g/mol. The summed E-state index contributed by atoms with van der Waals surface area (Å²) in [6.45, 7) is 8.36. The average Bonchev–Trinajstić information content (AvgIpc) is 2.10. The minimum Gasteiger partial charge on any atom is -0.315 e. The van der Waals surface area contributed by atoms with Crippen LogP contribution in [0.2, 0.25) is 0 Å². The van der Waals surface area contributed by atoms with Gasteiger partial charge in [0.2, 0.25) is 5.91 Å². The fourth-order valence-corrected chi connectivity index (χ4v) is 0.855. The molecule has 0 saturated heterocycles. The van der Waals surface area contributed by atoms with Crippen molar-refractivity contribution in [3.8, 4) is 0 Å². The molecule has 0 fully saturated rings. The molecule has 1 amide bonds. The Hall–Kier alpha value is -0.570. The number of rotatable bonds is 7. The van der Waals surface area contributed by atoms with E-state index in [-0.39, 0.29) is 11.8 Å². The van der Waals surface area contributed by atoms with Crippen LogP contribution in [0.1, 0.15) is 33.6 Å². The minimum absolute atomic E-state index is 0.0114. The van der Waals surface area contributed by atoms with E-state index < -0.39 is 0 Å². The third-order valence-electron chi connectivity index (χ3n) is 1.76. The third kappa shape index (κ3) is 7.78. The van der Waals surface area contributed by atoms with Gasteiger partial charge in [-0.15, -0.1) is 0 Å². The van der Waals surface area contributed by atoms with Gasteiger partial charge >= 0.3 is 0 Å². The van der Waals surface area contributed by atoms with Crippen molar-refractivity contribution in [2.75, 3.05) is 19.6 Å². The second kappa shape index (κ2) is 8.05. The van der Waals surface area contributed by atoms with E-state index in [4.69, 9.17) is 0 Å². The molecule has 3 heteroatoms. The summed E-state index contributed by atoms with van der Waals surface area (Å²) in [4.78, 5) is 11.0. The number of nitrogens with zero attached hydrogens (tertiary/aromatic N) is 1. The normalized spacial score (nSPS) is 10.5. The zero-order valence-corrected chi connectivity index (χ0v) is 8.97. The number of unbranched alkanes of at least 4 members (excludes halogenated alkanes) is 1. The molecule has 0 unspecified atom stereocenters. The van der Waals surface area contributed by atoms with E-state index >= 15 is 0 Å². The Morgan fingerprint density at radius 2 is 2.08 bits per heavy atom. The van der Waals surface area contributed by atoms with Crippen molar-refractivity contribution < 1.29 is 4.79 Å². The Morgan fingerprint density at radius 3 is 2.62 bits per heavy atom. The van der Waals surface area contributed by atoms with E-state index in [0.29, 0.717) is 6.54 Å². The van der Waals surface area contributed by atoms with E-state index in [1.165, 1.54) is 12.8 Å². The number of nitrogens with one attached hydrogen (secondary N) is 1. The molecule has 0 heterocycles. The van der Waals surface area contributed by atoms with Crippen LogP contribution in [-0.2, 0) is 4.79 Å². The highest BCUT2D eigenvalue weighted by Crippen LogP contribution is 1.90. The third-order valence-corrected chi connectivity index (χ3v) is 1.76.